The van der Waals surface area contributed by atoms with Gasteiger partial charge in [-0.25, -0.2) is 0 Å². The quantitative estimate of drug-likeness (QED) is 0.813. The summed E-state index contributed by atoms with van der Waals surface area (Å²) in [6.45, 7) is 2.19. The molecular weight excluding hydrogens is 332 g/mol. The minimum atomic E-state index is -0.105. The van der Waals surface area contributed by atoms with Crippen LogP contribution in [0.1, 0.15) is 34.3 Å². The van der Waals surface area contributed by atoms with Crippen molar-refractivity contribution in [3.63, 3.8) is 0 Å². The standard InChI is InChI=1S/C20H26N2O4/c1-25-9-8-22-17-11-21(12-18(17)26-13-19(22)23)20(24)16-7-6-14-4-2-3-5-15(14)10-16/h6-7,10,17-18H,2-5,8-9,11-13H2,1H3/t17-,18-/m0/s1. The third-order valence-corrected chi connectivity index (χ3v) is 5.80. The fourth-order valence-corrected chi connectivity index (χ4v) is 4.36. The molecule has 0 N–H and O–H groups in total. The van der Waals surface area contributed by atoms with E-state index in [0.29, 0.717) is 26.2 Å². The highest BCUT2D eigenvalue weighted by molar-refractivity contribution is 5.95. The number of methoxy groups -OCH3 is 1. The molecule has 2 heterocycles. The van der Waals surface area contributed by atoms with Crippen LogP contribution in [-0.4, -0.2) is 73.7 Å². The van der Waals surface area contributed by atoms with Crippen molar-refractivity contribution in [2.75, 3.05) is 40.0 Å². The second-order valence-corrected chi connectivity index (χ2v) is 7.40. The van der Waals surface area contributed by atoms with Crippen LogP contribution in [0.4, 0.5) is 0 Å². The molecule has 2 aliphatic heterocycles. The molecular formula is C20H26N2O4. The summed E-state index contributed by atoms with van der Waals surface area (Å²) in [4.78, 5) is 28.9. The topological polar surface area (TPSA) is 59.1 Å². The Hall–Kier alpha value is -1.92. The lowest BCUT2D eigenvalue weighted by Gasteiger charge is -2.36. The summed E-state index contributed by atoms with van der Waals surface area (Å²) in [7, 11) is 1.63. The van der Waals surface area contributed by atoms with E-state index in [1.807, 2.05) is 15.9 Å². The monoisotopic (exact) mass is 358 g/mol. The Balaban J connectivity index is 1.49. The average Bonchev–Trinajstić information content (AvgIpc) is 3.10. The zero-order valence-electron chi connectivity index (χ0n) is 15.3. The summed E-state index contributed by atoms with van der Waals surface area (Å²) in [5.41, 5.74) is 3.44. The molecule has 4 rings (SSSR count). The van der Waals surface area contributed by atoms with E-state index in [1.165, 1.54) is 24.0 Å². The van der Waals surface area contributed by atoms with Crippen LogP contribution in [0.5, 0.6) is 0 Å². The van der Waals surface area contributed by atoms with Gasteiger partial charge in [-0.2, -0.15) is 0 Å². The van der Waals surface area contributed by atoms with Crippen LogP contribution in [-0.2, 0) is 27.1 Å². The Morgan fingerprint density at radius 3 is 2.85 bits per heavy atom. The third kappa shape index (κ3) is 3.23. The first kappa shape index (κ1) is 17.5. The molecule has 1 aliphatic carbocycles. The van der Waals surface area contributed by atoms with E-state index < -0.39 is 0 Å². The predicted molar refractivity (Wildman–Crippen MR) is 96.1 cm³/mol. The third-order valence-electron chi connectivity index (χ3n) is 5.80. The molecule has 2 saturated heterocycles. The number of fused-ring (bicyclic) bond motifs is 2. The molecule has 0 spiro atoms. The molecule has 6 nitrogen and oxygen atoms in total. The number of amides is 2. The maximum Gasteiger partial charge on any atom is 0.254 e. The molecule has 0 unspecified atom stereocenters. The van der Waals surface area contributed by atoms with E-state index >= 15 is 0 Å². The summed E-state index contributed by atoms with van der Waals surface area (Å²) in [5, 5.41) is 0. The summed E-state index contributed by atoms with van der Waals surface area (Å²) in [5.74, 6) is 0.0156. The van der Waals surface area contributed by atoms with Crippen LogP contribution >= 0.6 is 0 Å². The second-order valence-electron chi connectivity index (χ2n) is 7.40. The summed E-state index contributed by atoms with van der Waals surface area (Å²) in [6, 6.07) is 6.04. The van der Waals surface area contributed by atoms with Crippen LogP contribution in [0, 0.1) is 0 Å². The van der Waals surface area contributed by atoms with Crippen LogP contribution in [0.25, 0.3) is 0 Å². The Kier molecular flexibility index (Phi) is 4.96. The lowest BCUT2D eigenvalue weighted by Crippen LogP contribution is -2.54. The SMILES string of the molecule is COCCN1C(=O)CO[C@H]2CN(C(=O)c3ccc4c(c3)CCCC4)C[C@@H]21. The zero-order valence-corrected chi connectivity index (χ0v) is 15.3. The number of carbonyl (C=O) groups is 2. The Morgan fingerprint density at radius 1 is 1.23 bits per heavy atom. The van der Waals surface area contributed by atoms with Gasteiger partial charge in [0.2, 0.25) is 5.91 Å². The number of rotatable bonds is 4. The van der Waals surface area contributed by atoms with Gasteiger partial charge in [-0.05, 0) is 48.9 Å². The van der Waals surface area contributed by atoms with E-state index in [2.05, 4.69) is 12.1 Å². The van der Waals surface area contributed by atoms with Crippen LogP contribution in [0.3, 0.4) is 0 Å². The maximum absolute atomic E-state index is 13.0. The van der Waals surface area contributed by atoms with Gasteiger partial charge in [-0.3, -0.25) is 9.59 Å². The van der Waals surface area contributed by atoms with Crippen molar-refractivity contribution in [1.29, 1.82) is 0 Å². The summed E-state index contributed by atoms with van der Waals surface area (Å²) < 4.78 is 10.8. The van der Waals surface area contributed by atoms with Crippen molar-refractivity contribution in [3.05, 3.63) is 34.9 Å². The molecule has 3 aliphatic rings. The predicted octanol–water partition coefficient (Wildman–Crippen LogP) is 1.26. The Labute approximate surface area is 154 Å². The normalized spacial score (nSPS) is 25.2. The number of aryl methyl sites for hydroxylation is 2. The number of likely N-dealkylation sites (tertiary alicyclic amines) is 1. The molecule has 0 bridgehead atoms. The van der Waals surface area contributed by atoms with E-state index in [0.717, 1.165) is 18.4 Å². The second kappa shape index (κ2) is 7.37. The Bertz CT molecular complexity index is 705. The first-order chi connectivity index (χ1) is 12.7. The number of benzene rings is 1. The van der Waals surface area contributed by atoms with Gasteiger partial charge in [0, 0.05) is 32.3 Å². The van der Waals surface area contributed by atoms with E-state index in [4.69, 9.17) is 9.47 Å². The van der Waals surface area contributed by atoms with Gasteiger partial charge in [-0.15, -0.1) is 0 Å². The van der Waals surface area contributed by atoms with Crippen molar-refractivity contribution < 1.29 is 19.1 Å². The minimum Gasteiger partial charge on any atom is -0.383 e. The Morgan fingerprint density at radius 2 is 2.04 bits per heavy atom. The first-order valence-corrected chi connectivity index (χ1v) is 9.48. The molecule has 0 radical (unpaired) electrons. The van der Waals surface area contributed by atoms with E-state index in [9.17, 15) is 9.59 Å². The van der Waals surface area contributed by atoms with Gasteiger partial charge in [0.1, 0.15) is 6.61 Å². The maximum atomic E-state index is 13.0. The van der Waals surface area contributed by atoms with Gasteiger partial charge in [-0.1, -0.05) is 6.07 Å². The molecule has 26 heavy (non-hydrogen) atoms. The fraction of sp³-hybridized carbons (Fsp3) is 0.600. The lowest BCUT2D eigenvalue weighted by molar-refractivity contribution is -0.153. The van der Waals surface area contributed by atoms with Crippen LogP contribution < -0.4 is 0 Å². The zero-order chi connectivity index (χ0) is 18.1. The molecule has 6 heteroatoms. The number of carbonyl (C=O) groups excluding carboxylic acids is 2. The lowest BCUT2D eigenvalue weighted by atomic mass is 9.90. The molecule has 2 fully saturated rings. The largest absolute Gasteiger partial charge is 0.383 e. The first-order valence-electron chi connectivity index (χ1n) is 9.48. The molecule has 2 amide bonds. The number of morpholine rings is 1. The molecule has 2 atom stereocenters. The molecule has 0 saturated carbocycles. The molecule has 0 aromatic heterocycles. The molecule has 1 aromatic rings. The molecule has 1 aromatic carbocycles. The van der Waals surface area contributed by atoms with Gasteiger partial charge >= 0.3 is 0 Å². The highest BCUT2D eigenvalue weighted by Gasteiger charge is 2.44. The van der Waals surface area contributed by atoms with Gasteiger partial charge in [0.25, 0.3) is 5.91 Å². The van der Waals surface area contributed by atoms with Crippen LogP contribution in [0.15, 0.2) is 18.2 Å². The molecule has 140 valence electrons. The summed E-state index contributed by atoms with van der Waals surface area (Å²) in [6.07, 6.45) is 4.50. The smallest absolute Gasteiger partial charge is 0.254 e. The highest BCUT2D eigenvalue weighted by atomic mass is 16.5. The van der Waals surface area contributed by atoms with Crippen molar-refractivity contribution in [3.8, 4) is 0 Å². The van der Waals surface area contributed by atoms with E-state index in [-0.39, 0.29) is 30.6 Å². The highest BCUT2D eigenvalue weighted by Crippen LogP contribution is 2.27. The van der Waals surface area contributed by atoms with Crippen molar-refractivity contribution in [2.45, 2.75) is 37.8 Å². The van der Waals surface area contributed by atoms with Gasteiger partial charge < -0.3 is 19.3 Å². The number of hydrogen-bond donors (Lipinski definition) is 0. The number of ether oxygens (including phenoxy) is 2. The van der Waals surface area contributed by atoms with Crippen LogP contribution in [0.2, 0.25) is 0 Å². The van der Waals surface area contributed by atoms with Crippen molar-refractivity contribution >= 4 is 11.8 Å². The minimum absolute atomic E-state index is 0.0219. The van der Waals surface area contributed by atoms with Gasteiger partial charge in [0.05, 0.1) is 18.8 Å². The summed E-state index contributed by atoms with van der Waals surface area (Å²) >= 11 is 0. The number of hydrogen-bond acceptors (Lipinski definition) is 4. The van der Waals surface area contributed by atoms with Gasteiger partial charge in [0.15, 0.2) is 0 Å². The van der Waals surface area contributed by atoms with Crippen molar-refractivity contribution in [2.24, 2.45) is 0 Å². The average molecular weight is 358 g/mol. The number of nitrogens with zero attached hydrogens (tertiary/aromatic N) is 2. The van der Waals surface area contributed by atoms with Crippen molar-refractivity contribution in [1.82, 2.24) is 9.80 Å². The van der Waals surface area contributed by atoms with E-state index in [1.54, 1.807) is 7.11 Å². The fourth-order valence-electron chi connectivity index (χ4n) is 4.36.